The number of methoxy groups -OCH3 is 1. The Hall–Kier alpha value is -3.54. The summed E-state index contributed by atoms with van der Waals surface area (Å²) < 4.78 is 12.8. The van der Waals surface area contributed by atoms with Gasteiger partial charge < -0.3 is 14.6 Å². The first kappa shape index (κ1) is 20.7. The molecule has 1 unspecified atom stereocenters. The number of halogens is 1. The summed E-state index contributed by atoms with van der Waals surface area (Å²) in [5, 5.41) is 19.9. The average molecular weight is 454 g/mol. The Morgan fingerprint density at radius 2 is 2.13 bits per heavy atom. The van der Waals surface area contributed by atoms with Crippen molar-refractivity contribution in [3.63, 3.8) is 0 Å². The van der Waals surface area contributed by atoms with Crippen LogP contribution >= 0.6 is 22.9 Å². The number of phenols is 1. The number of ether oxygens (including phenoxy) is 2. The van der Waals surface area contributed by atoms with Crippen LogP contribution in [0.25, 0.3) is 16.0 Å². The first-order chi connectivity index (χ1) is 14.9. The SMILES string of the molecule is COC(=O)c1sc(-n2cnc3ccc(C#N)cc32)cc1OC(C)c1cccc(O)c1Cl. The van der Waals surface area contributed by atoms with E-state index in [0.717, 1.165) is 11.0 Å². The molecule has 0 amide bonds. The molecule has 2 aromatic heterocycles. The maximum absolute atomic E-state index is 12.4. The molecule has 0 saturated carbocycles. The molecular weight excluding hydrogens is 438 g/mol. The molecule has 9 heteroatoms. The summed E-state index contributed by atoms with van der Waals surface area (Å²) in [6.45, 7) is 1.77. The number of carbonyl (C=O) groups excluding carboxylic acids is 1. The predicted molar refractivity (Wildman–Crippen MR) is 117 cm³/mol. The summed E-state index contributed by atoms with van der Waals surface area (Å²) in [5.74, 6) is -0.272. The Bertz CT molecular complexity index is 1340. The van der Waals surface area contributed by atoms with Crippen molar-refractivity contribution in [3.05, 3.63) is 69.8 Å². The van der Waals surface area contributed by atoms with E-state index in [4.69, 9.17) is 21.1 Å². The Kier molecular flexibility index (Phi) is 5.55. The van der Waals surface area contributed by atoms with E-state index >= 15 is 0 Å². The quantitative estimate of drug-likeness (QED) is 0.415. The minimum atomic E-state index is -0.546. The number of rotatable bonds is 5. The standard InChI is InChI=1S/C22H16ClN3O4S/c1-12(14-4-3-5-17(27)20(14)23)30-18-9-19(31-21(18)22(28)29-2)26-11-25-15-7-6-13(10-24)8-16(15)26/h3-9,11-12,27H,1-2H3. The Morgan fingerprint density at radius 3 is 2.87 bits per heavy atom. The van der Waals surface area contributed by atoms with Crippen molar-refractivity contribution >= 4 is 39.9 Å². The predicted octanol–water partition coefficient (Wildman–Crippen LogP) is 5.24. The van der Waals surface area contributed by atoms with Gasteiger partial charge in [-0.1, -0.05) is 23.7 Å². The van der Waals surface area contributed by atoms with Crippen molar-refractivity contribution < 1.29 is 19.4 Å². The maximum Gasteiger partial charge on any atom is 0.351 e. The number of benzene rings is 2. The molecule has 4 aromatic rings. The molecule has 0 fully saturated rings. The number of esters is 1. The number of aromatic hydroxyl groups is 1. The number of phenolic OH excluding ortho intramolecular Hbond substituents is 1. The van der Waals surface area contributed by atoms with E-state index in [2.05, 4.69) is 11.1 Å². The summed E-state index contributed by atoms with van der Waals surface area (Å²) in [6.07, 6.45) is 1.08. The fourth-order valence-corrected chi connectivity index (χ4v) is 4.43. The molecule has 7 nitrogen and oxygen atoms in total. The van der Waals surface area contributed by atoms with Crippen molar-refractivity contribution in [2.75, 3.05) is 7.11 Å². The molecule has 4 rings (SSSR count). The van der Waals surface area contributed by atoms with Crippen molar-refractivity contribution in [3.8, 4) is 22.6 Å². The molecular formula is C22H16ClN3O4S. The van der Waals surface area contributed by atoms with Crippen LogP contribution in [-0.2, 0) is 4.74 Å². The van der Waals surface area contributed by atoms with Gasteiger partial charge in [0.15, 0.2) is 4.88 Å². The Labute approximate surface area is 186 Å². The number of imidazole rings is 1. The smallest absolute Gasteiger partial charge is 0.351 e. The highest BCUT2D eigenvalue weighted by atomic mass is 35.5. The van der Waals surface area contributed by atoms with Gasteiger partial charge in [-0.05, 0) is 31.2 Å². The number of fused-ring (bicyclic) bond motifs is 1. The number of hydrogen-bond acceptors (Lipinski definition) is 7. The van der Waals surface area contributed by atoms with E-state index in [-0.39, 0.29) is 15.6 Å². The van der Waals surface area contributed by atoms with Crippen molar-refractivity contribution in [2.24, 2.45) is 0 Å². The van der Waals surface area contributed by atoms with E-state index in [1.54, 1.807) is 54.2 Å². The molecule has 0 saturated heterocycles. The van der Waals surface area contributed by atoms with Gasteiger partial charge in [-0.25, -0.2) is 9.78 Å². The summed E-state index contributed by atoms with van der Waals surface area (Å²) in [6, 6.07) is 13.9. The molecule has 1 atom stereocenters. The van der Waals surface area contributed by atoms with Gasteiger partial charge in [-0.2, -0.15) is 5.26 Å². The van der Waals surface area contributed by atoms with E-state index in [1.165, 1.54) is 24.5 Å². The number of hydrogen-bond donors (Lipinski definition) is 1. The van der Waals surface area contributed by atoms with Crippen LogP contribution in [0.15, 0.2) is 48.8 Å². The van der Waals surface area contributed by atoms with Crippen molar-refractivity contribution in [1.29, 1.82) is 5.26 Å². The largest absolute Gasteiger partial charge is 0.506 e. The average Bonchev–Trinajstić information content (AvgIpc) is 3.38. The molecule has 0 spiro atoms. The number of thiophene rings is 1. The third-order valence-electron chi connectivity index (χ3n) is 4.72. The number of nitriles is 1. The highest BCUT2D eigenvalue weighted by Crippen LogP contribution is 2.39. The maximum atomic E-state index is 12.4. The normalized spacial score (nSPS) is 11.8. The lowest BCUT2D eigenvalue weighted by Gasteiger charge is -2.16. The Balaban J connectivity index is 1.77. The van der Waals surface area contributed by atoms with Crippen LogP contribution in [-0.4, -0.2) is 27.7 Å². The van der Waals surface area contributed by atoms with E-state index < -0.39 is 12.1 Å². The molecule has 156 valence electrons. The van der Waals surface area contributed by atoms with Crippen LogP contribution in [0, 0.1) is 11.3 Å². The third-order valence-corrected chi connectivity index (χ3v) is 6.23. The first-order valence-electron chi connectivity index (χ1n) is 9.16. The van der Waals surface area contributed by atoms with E-state index in [1.807, 2.05) is 0 Å². The van der Waals surface area contributed by atoms with E-state index in [0.29, 0.717) is 21.9 Å². The van der Waals surface area contributed by atoms with Gasteiger partial charge in [0.05, 0.1) is 34.8 Å². The second-order valence-electron chi connectivity index (χ2n) is 6.64. The molecule has 1 N–H and O–H groups in total. The minimum absolute atomic E-state index is 0.0491. The molecule has 0 aliphatic heterocycles. The molecule has 31 heavy (non-hydrogen) atoms. The van der Waals surface area contributed by atoms with Crippen LogP contribution in [0.4, 0.5) is 0 Å². The fraction of sp³-hybridized carbons (Fsp3) is 0.136. The van der Waals surface area contributed by atoms with Gasteiger partial charge in [0.1, 0.15) is 28.9 Å². The Morgan fingerprint density at radius 1 is 1.32 bits per heavy atom. The van der Waals surface area contributed by atoms with Gasteiger partial charge in [0, 0.05) is 11.6 Å². The highest BCUT2D eigenvalue weighted by molar-refractivity contribution is 7.16. The number of aromatic nitrogens is 2. The van der Waals surface area contributed by atoms with Gasteiger partial charge in [0.2, 0.25) is 0 Å². The van der Waals surface area contributed by atoms with Crippen molar-refractivity contribution in [2.45, 2.75) is 13.0 Å². The number of nitrogens with zero attached hydrogens (tertiary/aromatic N) is 3. The van der Waals surface area contributed by atoms with Crippen LogP contribution in [0.1, 0.15) is 33.8 Å². The summed E-state index contributed by atoms with van der Waals surface area (Å²) in [5.41, 5.74) is 2.53. The monoisotopic (exact) mass is 453 g/mol. The minimum Gasteiger partial charge on any atom is -0.506 e. The molecule has 2 heterocycles. The zero-order chi connectivity index (χ0) is 22.1. The summed E-state index contributed by atoms with van der Waals surface area (Å²) in [7, 11) is 1.30. The zero-order valence-corrected chi connectivity index (χ0v) is 18.1. The summed E-state index contributed by atoms with van der Waals surface area (Å²) in [4.78, 5) is 17.0. The van der Waals surface area contributed by atoms with E-state index in [9.17, 15) is 15.2 Å². The van der Waals surface area contributed by atoms with Gasteiger partial charge in [-0.3, -0.25) is 4.57 Å². The lowest BCUT2D eigenvalue weighted by Crippen LogP contribution is -2.07. The molecule has 2 aromatic carbocycles. The number of carbonyl (C=O) groups is 1. The lowest BCUT2D eigenvalue weighted by molar-refractivity contribution is 0.0600. The fourth-order valence-electron chi connectivity index (χ4n) is 3.16. The molecule has 0 aliphatic carbocycles. The molecule has 0 aliphatic rings. The first-order valence-corrected chi connectivity index (χ1v) is 10.4. The third kappa shape index (κ3) is 3.81. The molecule has 0 radical (unpaired) electrons. The van der Waals surface area contributed by atoms with Crippen LogP contribution in [0.3, 0.4) is 0 Å². The second-order valence-corrected chi connectivity index (χ2v) is 8.05. The second kappa shape index (κ2) is 8.30. The van der Waals surface area contributed by atoms with Crippen LogP contribution in [0.2, 0.25) is 5.02 Å². The van der Waals surface area contributed by atoms with Gasteiger partial charge >= 0.3 is 5.97 Å². The zero-order valence-electron chi connectivity index (χ0n) is 16.5. The van der Waals surface area contributed by atoms with Gasteiger partial charge in [0.25, 0.3) is 0 Å². The molecule has 0 bridgehead atoms. The lowest BCUT2D eigenvalue weighted by atomic mass is 10.1. The van der Waals surface area contributed by atoms with Crippen LogP contribution < -0.4 is 4.74 Å². The highest BCUT2D eigenvalue weighted by Gasteiger charge is 2.23. The summed E-state index contributed by atoms with van der Waals surface area (Å²) >= 11 is 7.39. The van der Waals surface area contributed by atoms with Gasteiger partial charge in [-0.15, -0.1) is 11.3 Å². The van der Waals surface area contributed by atoms with Crippen molar-refractivity contribution in [1.82, 2.24) is 9.55 Å². The topological polar surface area (TPSA) is 97.4 Å². The van der Waals surface area contributed by atoms with Crippen LogP contribution in [0.5, 0.6) is 11.5 Å².